The summed E-state index contributed by atoms with van der Waals surface area (Å²) in [6.07, 6.45) is 5.78. The van der Waals surface area contributed by atoms with Gasteiger partial charge in [-0.05, 0) is 37.3 Å². The number of hydrogen-bond acceptors (Lipinski definition) is 3. The number of carbonyl (C=O) groups is 1. The molecule has 90 valence electrons. The van der Waals surface area contributed by atoms with Crippen molar-refractivity contribution in [3.05, 3.63) is 0 Å². The summed E-state index contributed by atoms with van der Waals surface area (Å²) in [6.45, 7) is 3.69. The smallest absolute Gasteiger partial charge is 0.220 e. The summed E-state index contributed by atoms with van der Waals surface area (Å²) >= 11 is 1.82. The molecule has 15 heavy (non-hydrogen) atoms. The first kappa shape index (κ1) is 14.8. The molecular weight excluding hydrogens is 208 g/mol. The topological polar surface area (TPSA) is 55.1 Å². The Bertz CT molecular complexity index is 165. The van der Waals surface area contributed by atoms with Gasteiger partial charge < -0.3 is 11.1 Å². The summed E-state index contributed by atoms with van der Waals surface area (Å²) in [4.78, 5) is 11.4. The molecule has 0 spiro atoms. The van der Waals surface area contributed by atoms with E-state index >= 15 is 0 Å². The van der Waals surface area contributed by atoms with E-state index in [4.69, 9.17) is 5.73 Å². The Morgan fingerprint density at radius 1 is 1.40 bits per heavy atom. The van der Waals surface area contributed by atoms with Crippen LogP contribution >= 0.6 is 11.8 Å². The van der Waals surface area contributed by atoms with Crippen LogP contribution in [0.25, 0.3) is 0 Å². The summed E-state index contributed by atoms with van der Waals surface area (Å²) in [5, 5.41) is 2.96. The predicted octanol–water partition coefficient (Wildman–Crippen LogP) is 1.62. The van der Waals surface area contributed by atoms with E-state index in [-0.39, 0.29) is 5.91 Å². The van der Waals surface area contributed by atoms with Crippen LogP contribution in [0.2, 0.25) is 0 Å². The van der Waals surface area contributed by atoms with Crippen molar-refractivity contribution in [2.75, 3.05) is 25.1 Å². The quantitative estimate of drug-likeness (QED) is 0.594. The van der Waals surface area contributed by atoms with Gasteiger partial charge in [-0.1, -0.05) is 13.3 Å². The summed E-state index contributed by atoms with van der Waals surface area (Å²) < 4.78 is 0. The lowest BCUT2D eigenvalue weighted by Crippen LogP contribution is -2.28. The maximum atomic E-state index is 11.4. The van der Waals surface area contributed by atoms with Gasteiger partial charge in [-0.2, -0.15) is 11.8 Å². The highest BCUT2D eigenvalue weighted by Gasteiger charge is 2.04. The molecule has 4 heteroatoms. The first-order valence-electron chi connectivity index (χ1n) is 5.66. The van der Waals surface area contributed by atoms with E-state index in [9.17, 15) is 4.79 Å². The molecular formula is C11H24N2OS. The Labute approximate surface area is 97.6 Å². The summed E-state index contributed by atoms with van der Waals surface area (Å²) in [6, 6.07) is 0. The number of carbonyl (C=O) groups excluding carboxylic acids is 1. The maximum Gasteiger partial charge on any atom is 0.220 e. The molecule has 1 unspecified atom stereocenters. The number of rotatable bonds is 9. The fourth-order valence-corrected chi connectivity index (χ4v) is 2.01. The van der Waals surface area contributed by atoms with Crippen LogP contribution < -0.4 is 11.1 Å². The average Bonchev–Trinajstić information content (AvgIpc) is 2.22. The minimum absolute atomic E-state index is 0.181. The molecule has 0 bridgehead atoms. The SMILES string of the molecule is CSCC(C)CNC(=O)CCCCCN. The fraction of sp³-hybridized carbons (Fsp3) is 0.909. The molecule has 3 N–H and O–H groups in total. The largest absolute Gasteiger partial charge is 0.356 e. The highest BCUT2D eigenvalue weighted by molar-refractivity contribution is 7.98. The van der Waals surface area contributed by atoms with Gasteiger partial charge in [-0.15, -0.1) is 0 Å². The number of nitrogens with one attached hydrogen (secondary N) is 1. The van der Waals surface area contributed by atoms with Crippen molar-refractivity contribution in [1.82, 2.24) is 5.32 Å². The van der Waals surface area contributed by atoms with Crippen LogP contribution in [0.1, 0.15) is 32.6 Å². The van der Waals surface area contributed by atoms with Crippen LogP contribution in [-0.4, -0.2) is 31.0 Å². The average molecular weight is 232 g/mol. The van der Waals surface area contributed by atoms with Crippen LogP contribution in [-0.2, 0) is 4.79 Å². The monoisotopic (exact) mass is 232 g/mol. The normalized spacial score (nSPS) is 12.5. The molecule has 0 fully saturated rings. The van der Waals surface area contributed by atoms with E-state index in [1.807, 2.05) is 11.8 Å². The van der Waals surface area contributed by atoms with Crippen LogP contribution in [0.3, 0.4) is 0 Å². The Morgan fingerprint density at radius 3 is 2.73 bits per heavy atom. The van der Waals surface area contributed by atoms with Gasteiger partial charge in [0.05, 0.1) is 0 Å². The number of thioether (sulfide) groups is 1. The van der Waals surface area contributed by atoms with Crippen LogP contribution in [0.15, 0.2) is 0 Å². The standard InChI is InChI=1S/C11H24N2OS/c1-10(9-15-2)8-13-11(14)6-4-3-5-7-12/h10H,3-9,12H2,1-2H3,(H,13,14). The third-order valence-corrected chi connectivity index (χ3v) is 3.11. The Morgan fingerprint density at radius 2 is 2.13 bits per heavy atom. The van der Waals surface area contributed by atoms with Crippen LogP contribution in [0.4, 0.5) is 0 Å². The zero-order valence-electron chi connectivity index (χ0n) is 9.92. The van der Waals surface area contributed by atoms with Crippen molar-refractivity contribution in [2.45, 2.75) is 32.6 Å². The highest BCUT2D eigenvalue weighted by atomic mass is 32.2. The second-order valence-electron chi connectivity index (χ2n) is 3.96. The van der Waals surface area contributed by atoms with Crippen molar-refractivity contribution < 1.29 is 4.79 Å². The summed E-state index contributed by atoms with van der Waals surface area (Å²) in [5.41, 5.74) is 5.37. The number of amides is 1. The summed E-state index contributed by atoms with van der Waals surface area (Å²) in [5.74, 6) is 1.85. The molecule has 0 rings (SSSR count). The lowest BCUT2D eigenvalue weighted by molar-refractivity contribution is -0.121. The van der Waals surface area contributed by atoms with E-state index in [0.717, 1.165) is 38.1 Å². The van der Waals surface area contributed by atoms with Gasteiger partial charge >= 0.3 is 0 Å². The van der Waals surface area contributed by atoms with Gasteiger partial charge in [0.2, 0.25) is 5.91 Å². The van der Waals surface area contributed by atoms with Crippen molar-refractivity contribution in [3.8, 4) is 0 Å². The molecule has 0 aromatic carbocycles. The molecule has 0 radical (unpaired) electrons. The van der Waals surface area contributed by atoms with E-state index < -0.39 is 0 Å². The lowest BCUT2D eigenvalue weighted by Gasteiger charge is -2.10. The Balaban J connectivity index is 3.32. The molecule has 3 nitrogen and oxygen atoms in total. The van der Waals surface area contributed by atoms with Crippen molar-refractivity contribution in [3.63, 3.8) is 0 Å². The molecule has 0 aromatic heterocycles. The van der Waals surface area contributed by atoms with Crippen molar-refractivity contribution in [1.29, 1.82) is 0 Å². The van der Waals surface area contributed by atoms with Gasteiger partial charge in [-0.3, -0.25) is 4.79 Å². The minimum Gasteiger partial charge on any atom is -0.356 e. The van der Waals surface area contributed by atoms with Gasteiger partial charge in [0.1, 0.15) is 0 Å². The molecule has 0 heterocycles. The third kappa shape index (κ3) is 10.1. The zero-order chi connectivity index (χ0) is 11.5. The zero-order valence-corrected chi connectivity index (χ0v) is 10.7. The number of nitrogens with two attached hydrogens (primary N) is 1. The number of unbranched alkanes of at least 4 members (excludes halogenated alkanes) is 2. The van der Waals surface area contributed by atoms with Crippen molar-refractivity contribution in [2.24, 2.45) is 11.7 Å². The molecule has 0 saturated heterocycles. The predicted molar refractivity (Wildman–Crippen MR) is 68.1 cm³/mol. The van der Waals surface area contributed by atoms with Gasteiger partial charge in [0.25, 0.3) is 0 Å². The van der Waals surface area contributed by atoms with E-state index in [0.29, 0.717) is 12.3 Å². The molecule has 1 atom stereocenters. The second kappa shape index (κ2) is 10.3. The summed E-state index contributed by atoms with van der Waals surface area (Å²) in [7, 11) is 0. The minimum atomic E-state index is 0.181. The van der Waals surface area contributed by atoms with E-state index in [1.54, 1.807) is 0 Å². The van der Waals surface area contributed by atoms with E-state index in [1.165, 1.54) is 0 Å². The second-order valence-corrected chi connectivity index (χ2v) is 4.87. The van der Waals surface area contributed by atoms with Gasteiger partial charge in [0, 0.05) is 13.0 Å². The van der Waals surface area contributed by atoms with E-state index in [2.05, 4.69) is 18.5 Å². The molecule has 0 aliphatic rings. The Kier molecular flexibility index (Phi) is 10.2. The van der Waals surface area contributed by atoms with Gasteiger partial charge in [-0.25, -0.2) is 0 Å². The highest BCUT2D eigenvalue weighted by Crippen LogP contribution is 2.03. The Hall–Kier alpha value is -0.220. The first-order valence-corrected chi connectivity index (χ1v) is 7.05. The molecule has 0 aliphatic carbocycles. The molecule has 0 saturated carbocycles. The molecule has 0 aromatic rings. The van der Waals surface area contributed by atoms with Gasteiger partial charge in [0.15, 0.2) is 0 Å². The first-order chi connectivity index (χ1) is 7.20. The third-order valence-electron chi connectivity index (χ3n) is 2.21. The maximum absolute atomic E-state index is 11.4. The molecule has 0 aliphatic heterocycles. The lowest BCUT2D eigenvalue weighted by atomic mass is 10.1. The van der Waals surface area contributed by atoms with Crippen LogP contribution in [0, 0.1) is 5.92 Å². The van der Waals surface area contributed by atoms with Crippen molar-refractivity contribution >= 4 is 17.7 Å². The molecule has 1 amide bonds. The van der Waals surface area contributed by atoms with Crippen LogP contribution in [0.5, 0.6) is 0 Å². The fourth-order valence-electron chi connectivity index (χ4n) is 1.33. The number of hydrogen-bond donors (Lipinski definition) is 2.